The quantitative estimate of drug-likeness (QED) is 0.582. The van der Waals surface area contributed by atoms with Crippen molar-refractivity contribution in [3.63, 3.8) is 0 Å². The molecular formula is C27H24F2N2O4. The van der Waals surface area contributed by atoms with Crippen molar-refractivity contribution in [1.29, 1.82) is 0 Å². The second-order valence-electron chi connectivity index (χ2n) is 8.65. The van der Waals surface area contributed by atoms with E-state index in [0.29, 0.717) is 11.6 Å². The van der Waals surface area contributed by atoms with Gasteiger partial charge in [0, 0.05) is 31.1 Å². The van der Waals surface area contributed by atoms with Gasteiger partial charge in [-0.05, 0) is 47.9 Å². The van der Waals surface area contributed by atoms with Crippen molar-refractivity contribution in [2.75, 3.05) is 6.54 Å². The second kappa shape index (κ2) is 10.0. The molecule has 0 saturated heterocycles. The Bertz CT molecular complexity index is 1260. The van der Waals surface area contributed by atoms with Crippen LogP contribution in [0.3, 0.4) is 0 Å². The molecule has 8 heteroatoms. The van der Waals surface area contributed by atoms with Gasteiger partial charge in [0.25, 0.3) is 5.91 Å². The number of carboxylic acids is 1. The fourth-order valence-corrected chi connectivity index (χ4v) is 4.33. The molecule has 1 heterocycles. The van der Waals surface area contributed by atoms with E-state index < -0.39 is 36.1 Å². The highest BCUT2D eigenvalue weighted by Crippen LogP contribution is 2.27. The number of nitrogens with zero attached hydrogens (tertiary/aromatic N) is 2. The summed E-state index contributed by atoms with van der Waals surface area (Å²) in [5.74, 6) is -3.89. The van der Waals surface area contributed by atoms with E-state index in [9.17, 15) is 28.3 Å². The summed E-state index contributed by atoms with van der Waals surface area (Å²) in [5.41, 5.74) is 3.28. The number of carboxylic acid groups (broad SMARTS) is 1. The average molecular weight is 478 g/mol. The van der Waals surface area contributed by atoms with Crippen molar-refractivity contribution in [2.45, 2.75) is 32.5 Å². The minimum atomic E-state index is -1.28. The zero-order valence-corrected chi connectivity index (χ0v) is 19.1. The summed E-state index contributed by atoms with van der Waals surface area (Å²) in [6, 6.07) is 16.2. The fraction of sp³-hybridized carbons (Fsp3) is 0.222. The average Bonchev–Trinajstić information content (AvgIpc) is 2.81. The Hall–Kier alpha value is -4.07. The van der Waals surface area contributed by atoms with Crippen molar-refractivity contribution >= 4 is 17.8 Å². The monoisotopic (exact) mass is 478 g/mol. The Balaban J connectivity index is 1.69. The molecule has 0 radical (unpaired) electrons. The lowest BCUT2D eigenvalue weighted by Crippen LogP contribution is -2.54. The predicted octanol–water partition coefficient (Wildman–Crippen LogP) is 3.95. The molecule has 2 amide bonds. The lowest BCUT2D eigenvalue weighted by molar-refractivity contribution is -0.147. The smallest absolute Gasteiger partial charge is 0.323 e. The van der Waals surface area contributed by atoms with Gasteiger partial charge in [-0.15, -0.1) is 0 Å². The Morgan fingerprint density at radius 3 is 2.23 bits per heavy atom. The minimum Gasteiger partial charge on any atom is -0.480 e. The van der Waals surface area contributed by atoms with E-state index in [-0.39, 0.29) is 31.0 Å². The van der Waals surface area contributed by atoms with Crippen molar-refractivity contribution in [1.82, 2.24) is 9.80 Å². The first-order chi connectivity index (χ1) is 16.7. The lowest BCUT2D eigenvalue weighted by Gasteiger charge is -2.38. The fourth-order valence-electron chi connectivity index (χ4n) is 4.33. The molecule has 3 aromatic rings. The van der Waals surface area contributed by atoms with E-state index in [1.165, 1.54) is 4.90 Å². The highest BCUT2D eigenvalue weighted by atomic mass is 19.1. The summed E-state index contributed by atoms with van der Waals surface area (Å²) in [4.78, 5) is 41.2. The molecule has 3 aromatic carbocycles. The summed E-state index contributed by atoms with van der Waals surface area (Å²) in [6.45, 7) is 1.08. The van der Waals surface area contributed by atoms with Gasteiger partial charge in [-0.3, -0.25) is 14.4 Å². The van der Waals surface area contributed by atoms with Gasteiger partial charge in [-0.2, -0.15) is 0 Å². The molecule has 0 saturated carbocycles. The number of rotatable bonds is 6. The summed E-state index contributed by atoms with van der Waals surface area (Å²) in [6.07, 6.45) is 0.195. The standard InChI is InChI=1S/C27H24F2N2O4/c1-17-6-8-19(9-7-17)26(34)31-15-21-5-3-2-4-20(21)12-24(31)27(35)30(16-25(32)33)14-18-10-22(28)13-23(29)11-18/h2-11,13,24H,12,14-16H2,1H3,(H,32,33). The first-order valence-electron chi connectivity index (χ1n) is 11.1. The third-order valence-corrected chi connectivity index (χ3v) is 6.03. The molecule has 1 atom stereocenters. The van der Waals surface area contributed by atoms with Crippen LogP contribution in [0, 0.1) is 18.6 Å². The molecular weight excluding hydrogens is 454 g/mol. The molecule has 0 fully saturated rings. The van der Waals surface area contributed by atoms with Crippen molar-refractivity contribution in [3.8, 4) is 0 Å². The van der Waals surface area contributed by atoms with E-state index >= 15 is 0 Å². The molecule has 1 unspecified atom stereocenters. The zero-order chi connectivity index (χ0) is 25.1. The van der Waals surface area contributed by atoms with Crippen LogP contribution >= 0.6 is 0 Å². The van der Waals surface area contributed by atoms with Crippen LogP contribution in [0.2, 0.25) is 0 Å². The van der Waals surface area contributed by atoms with Gasteiger partial charge in [-0.1, -0.05) is 42.0 Å². The lowest BCUT2D eigenvalue weighted by atomic mass is 9.92. The van der Waals surface area contributed by atoms with Crippen molar-refractivity contribution < 1.29 is 28.3 Å². The molecule has 0 aromatic heterocycles. The van der Waals surface area contributed by atoms with E-state index in [1.807, 2.05) is 31.2 Å². The van der Waals surface area contributed by atoms with Crippen LogP contribution in [-0.2, 0) is 29.1 Å². The first kappa shape index (κ1) is 24.1. The number of halogens is 2. The zero-order valence-electron chi connectivity index (χ0n) is 19.1. The molecule has 6 nitrogen and oxygen atoms in total. The number of hydrogen-bond donors (Lipinski definition) is 1. The molecule has 0 bridgehead atoms. The highest BCUT2D eigenvalue weighted by molar-refractivity contribution is 5.98. The number of amides is 2. The molecule has 1 aliphatic rings. The molecule has 180 valence electrons. The number of carbonyl (C=O) groups excluding carboxylic acids is 2. The van der Waals surface area contributed by atoms with E-state index in [0.717, 1.165) is 33.7 Å². The highest BCUT2D eigenvalue weighted by Gasteiger charge is 2.37. The van der Waals surface area contributed by atoms with Crippen molar-refractivity contribution in [3.05, 3.63) is 106 Å². The normalized spacial score (nSPS) is 14.8. The van der Waals surface area contributed by atoms with Crippen LogP contribution in [0.25, 0.3) is 0 Å². The Labute approximate surface area is 201 Å². The van der Waals surface area contributed by atoms with Gasteiger partial charge in [0.1, 0.15) is 24.2 Å². The maximum atomic E-state index is 13.7. The Kier molecular flexibility index (Phi) is 6.91. The topological polar surface area (TPSA) is 77.9 Å². The van der Waals surface area contributed by atoms with Crippen LogP contribution in [0.1, 0.15) is 32.6 Å². The summed E-state index contributed by atoms with van der Waals surface area (Å²) in [5, 5.41) is 9.43. The number of hydrogen-bond acceptors (Lipinski definition) is 3. The SMILES string of the molecule is Cc1ccc(C(=O)N2Cc3ccccc3CC2C(=O)N(CC(=O)O)Cc2cc(F)cc(F)c2)cc1. The van der Waals surface area contributed by atoms with Crippen LogP contribution in [0.4, 0.5) is 8.78 Å². The maximum Gasteiger partial charge on any atom is 0.323 e. The van der Waals surface area contributed by atoms with Gasteiger partial charge in [0.05, 0.1) is 0 Å². The molecule has 1 N–H and O–H groups in total. The Morgan fingerprint density at radius 2 is 1.60 bits per heavy atom. The number of fused-ring (bicyclic) bond motifs is 1. The first-order valence-corrected chi connectivity index (χ1v) is 11.1. The van der Waals surface area contributed by atoms with Gasteiger partial charge < -0.3 is 14.9 Å². The van der Waals surface area contributed by atoms with Crippen LogP contribution in [0.15, 0.2) is 66.7 Å². The van der Waals surface area contributed by atoms with Crippen LogP contribution < -0.4 is 0 Å². The maximum absolute atomic E-state index is 13.7. The minimum absolute atomic E-state index is 0.115. The Morgan fingerprint density at radius 1 is 0.971 bits per heavy atom. The molecule has 35 heavy (non-hydrogen) atoms. The summed E-state index contributed by atoms with van der Waals surface area (Å²) in [7, 11) is 0. The second-order valence-corrected chi connectivity index (χ2v) is 8.65. The van der Waals surface area contributed by atoms with E-state index in [1.54, 1.807) is 24.3 Å². The summed E-state index contributed by atoms with van der Waals surface area (Å²) >= 11 is 0. The van der Waals surface area contributed by atoms with Crippen molar-refractivity contribution in [2.24, 2.45) is 0 Å². The van der Waals surface area contributed by atoms with Gasteiger partial charge >= 0.3 is 5.97 Å². The molecule has 4 rings (SSSR count). The largest absolute Gasteiger partial charge is 0.480 e. The third kappa shape index (κ3) is 5.54. The van der Waals surface area contributed by atoms with Crippen LogP contribution in [-0.4, -0.2) is 45.3 Å². The summed E-state index contributed by atoms with van der Waals surface area (Å²) < 4.78 is 27.5. The molecule has 1 aliphatic heterocycles. The third-order valence-electron chi connectivity index (χ3n) is 6.03. The van der Waals surface area contributed by atoms with Gasteiger partial charge in [0.2, 0.25) is 5.91 Å². The predicted molar refractivity (Wildman–Crippen MR) is 124 cm³/mol. The number of aliphatic carboxylic acids is 1. The van der Waals surface area contributed by atoms with E-state index in [4.69, 9.17) is 0 Å². The van der Waals surface area contributed by atoms with E-state index in [2.05, 4.69) is 0 Å². The number of carbonyl (C=O) groups is 3. The molecule has 0 spiro atoms. The van der Waals surface area contributed by atoms with Gasteiger partial charge in [0.15, 0.2) is 0 Å². The van der Waals surface area contributed by atoms with Crippen LogP contribution in [0.5, 0.6) is 0 Å². The van der Waals surface area contributed by atoms with Gasteiger partial charge in [-0.25, -0.2) is 8.78 Å². The molecule has 0 aliphatic carbocycles. The number of benzene rings is 3. The number of aryl methyl sites for hydroxylation is 1.